The van der Waals surface area contributed by atoms with Gasteiger partial charge in [-0.15, -0.1) is 0 Å². The van der Waals surface area contributed by atoms with Crippen LogP contribution in [0.25, 0.3) is 0 Å². The van der Waals surface area contributed by atoms with Gasteiger partial charge < -0.3 is 9.26 Å². The van der Waals surface area contributed by atoms with Gasteiger partial charge in [-0.2, -0.15) is 0 Å². The van der Waals surface area contributed by atoms with Crippen molar-refractivity contribution in [2.24, 2.45) is 22.4 Å². The average Bonchev–Trinajstić information content (AvgIpc) is 3.09. The van der Waals surface area contributed by atoms with Crippen molar-refractivity contribution < 1.29 is 9.26 Å². The first-order chi connectivity index (χ1) is 15.3. The maximum atomic E-state index is 6.28. The first-order valence-corrected chi connectivity index (χ1v) is 15.8. The van der Waals surface area contributed by atoms with Crippen molar-refractivity contribution >= 4 is 14.0 Å². The maximum absolute atomic E-state index is 6.28. The quantitative estimate of drug-likeness (QED) is 0.355. The Balaban J connectivity index is 1.31. The van der Waals surface area contributed by atoms with Gasteiger partial charge >= 0.3 is 0 Å². The standard InChI is InChI=1S/C28H37NO2Si/c1-28-17-16-24-23-13-11-22(31-32(2,3)4)18-21(23)10-12-25(24)26(28)14-15-27(28)29-30-19-20-8-6-5-7-9-20/h5-9,11,13,18,24-26H,10,12,14-17,19H2,1-4H3/b29-27+/t24-,25-,26+,28+/m1/s1. The number of fused-ring (bicyclic) bond motifs is 5. The van der Waals surface area contributed by atoms with E-state index in [1.807, 2.05) is 6.07 Å². The highest BCUT2D eigenvalue weighted by Crippen LogP contribution is 2.60. The van der Waals surface area contributed by atoms with Crippen molar-refractivity contribution in [2.45, 2.75) is 77.6 Å². The van der Waals surface area contributed by atoms with Gasteiger partial charge in [-0.05, 0) is 105 Å². The fourth-order valence-corrected chi connectivity index (χ4v) is 7.51. The summed E-state index contributed by atoms with van der Waals surface area (Å²) >= 11 is 0. The zero-order chi connectivity index (χ0) is 22.3. The summed E-state index contributed by atoms with van der Waals surface area (Å²) in [6.07, 6.45) is 7.32. The van der Waals surface area contributed by atoms with Gasteiger partial charge in [0.05, 0.1) is 5.71 Å². The number of rotatable bonds is 5. The zero-order valence-corrected chi connectivity index (χ0v) is 21.1. The van der Waals surface area contributed by atoms with E-state index in [-0.39, 0.29) is 5.41 Å². The average molecular weight is 448 g/mol. The van der Waals surface area contributed by atoms with E-state index in [9.17, 15) is 0 Å². The molecule has 5 rings (SSSR count). The molecule has 2 saturated carbocycles. The molecule has 32 heavy (non-hydrogen) atoms. The normalized spacial score (nSPS) is 30.4. The van der Waals surface area contributed by atoms with Crippen molar-refractivity contribution in [3.8, 4) is 5.75 Å². The summed E-state index contributed by atoms with van der Waals surface area (Å²) in [5, 5.41) is 4.71. The predicted octanol–water partition coefficient (Wildman–Crippen LogP) is 7.33. The minimum atomic E-state index is -1.57. The van der Waals surface area contributed by atoms with Gasteiger partial charge in [-0.1, -0.05) is 48.5 Å². The number of oxime groups is 1. The third kappa shape index (κ3) is 4.14. The zero-order valence-electron chi connectivity index (χ0n) is 20.1. The number of hydrogen-bond acceptors (Lipinski definition) is 3. The van der Waals surface area contributed by atoms with E-state index < -0.39 is 8.32 Å². The lowest BCUT2D eigenvalue weighted by Crippen LogP contribution is -2.42. The molecule has 170 valence electrons. The Labute approximate surface area is 194 Å². The molecule has 4 atom stereocenters. The second-order valence-corrected chi connectivity index (χ2v) is 15.7. The summed E-state index contributed by atoms with van der Waals surface area (Å²) in [4.78, 5) is 5.84. The van der Waals surface area contributed by atoms with E-state index in [2.05, 4.69) is 69.0 Å². The predicted molar refractivity (Wildman–Crippen MR) is 134 cm³/mol. The van der Waals surface area contributed by atoms with Gasteiger partial charge in [0.15, 0.2) is 0 Å². The SMILES string of the molecule is C[C@]12CC[C@@H]3c4ccc(O[Si](C)(C)C)cc4CC[C@H]3[C@@H]1CC/C2=N\OCc1ccccc1. The number of aryl methyl sites for hydroxylation is 1. The number of benzene rings is 2. The highest BCUT2D eigenvalue weighted by Gasteiger charge is 2.53. The lowest BCUT2D eigenvalue weighted by Gasteiger charge is -2.49. The van der Waals surface area contributed by atoms with Crippen LogP contribution in [0.5, 0.6) is 5.75 Å². The molecule has 3 aliphatic rings. The molecule has 0 radical (unpaired) electrons. The van der Waals surface area contributed by atoms with Crippen LogP contribution < -0.4 is 4.43 Å². The summed E-state index contributed by atoms with van der Waals surface area (Å²) < 4.78 is 6.28. The number of hydrogen-bond donors (Lipinski definition) is 0. The highest BCUT2D eigenvalue weighted by atomic mass is 28.4. The molecule has 3 nitrogen and oxygen atoms in total. The van der Waals surface area contributed by atoms with Crippen LogP contribution in [0.1, 0.15) is 61.6 Å². The molecule has 0 aliphatic heterocycles. The summed E-state index contributed by atoms with van der Waals surface area (Å²) in [5.74, 6) is 3.27. The molecule has 2 aromatic rings. The molecule has 3 aliphatic carbocycles. The van der Waals surface area contributed by atoms with Crippen LogP contribution >= 0.6 is 0 Å². The van der Waals surface area contributed by atoms with Crippen LogP contribution in [0.2, 0.25) is 19.6 Å². The summed E-state index contributed by atoms with van der Waals surface area (Å²) in [5.41, 5.74) is 5.82. The molecule has 0 bridgehead atoms. The molecule has 0 saturated heterocycles. The monoisotopic (exact) mass is 447 g/mol. The van der Waals surface area contributed by atoms with Crippen molar-refractivity contribution in [2.75, 3.05) is 0 Å². The van der Waals surface area contributed by atoms with Gasteiger partial charge in [0.25, 0.3) is 0 Å². The second kappa shape index (κ2) is 8.37. The molecule has 0 unspecified atom stereocenters. The van der Waals surface area contributed by atoms with Crippen molar-refractivity contribution in [3.05, 3.63) is 65.2 Å². The maximum Gasteiger partial charge on any atom is 0.242 e. The molecule has 0 spiro atoms. The molecule has 0 heterocycles. The van der Waals surface area contributed by atoms with Gasteiger partial charge in [-0.3, -0.25) is 0 Å². The van der Waals surface area contributed by atoms with Crippen LogP contribution in [0.3, 0.4) is 0 Å². The summed E-state index contributed by atoms with van der Waals surface area (Å²) in [7, 11) is -1.57. The summed E-state index contributed by atoms with van der Waals surface area (Å²) in [6.45, 7) is 9.80. The van der Waals surface area contributed by atoms with Crippen LogP contribution in [-0.2, 0) is 17.9 Å². The smallest absolute Gasteiger partial charge is 0.242 e. The Morgan fingerprint density at radius 1 is 1.00 bits per heavy atom. The molecule has 2 fully saturated rings. The fourth-order valence-electron chi connectivity index (χ4n) is 6.67. The fraction of sp³-hybridized carbons (Fsp3) is 0.536. The molecular weight excluding hydrogens is 410 g/mol. The molecule has 4 heteroatoms. The van der Waals surface area contributed by atoms with Crippen LogP contribution in [-0.4, -0.2) is 14.0 Å². The molecule has 0 N–H and O–H groups in total. The lowest BCUT2D eigenvalue weighted by molar-refractivity contribution is 0.0870. The number of nitrogens with zero attached hydrogens (tertiary/aromatic N) is 1. The Kier molecular flexibility index (Phi) is 5.69. The first-order valence-electron chi connectivity index (χ1n) is 12.4. The van der Waals surface area contributed by atoms with Gasteiger partial charge in [0.2, 0.25) is 8.32 Å². The van der Waals surface area contributed by atoms with Gasteiger partial charge in [-0.25, -0.2) is 0 Å². The van der Waals surface area contributed by atoms with Crippen LogP contribution in [0.15, 0.2) is 53.7 Å². The largest absolute Gasteiger partial charge is 0.544 e. The lowest BCUT2D eigenvalue weighted by atomic mass is 9.55. The molecule has 2 aromatic carbocycles. The van der Waals surface area contributed by atoms with Crippen molar-refractivity contribution in [1.82, 2.24) is 0 Å². The second-order valence-electron chi connectivity index (χ2n) is 11.3. The van der Waals surface area contributed by atoms with Crippen molar-refractivity contribution in [3.63, 3.8) is 0 Å². The van der Waals surface area contributed by atoms with Crippen molar-refractivity contribution in [1.29, 1.82) is 0 Å². The summed E-state index contributed by atoms with van der Waals surface area (Å²) in [6, 6.07) is 17.3. The third-order valence-electron chi connectivity index (χ3n) is 8.11. The van der Waals surface area contributed by atoms with E-state index in [4.69, 9.17) is 14.4 Å². The molecule has 0 amide bonds. The molecular formula is C28H37NO2Si. The van der Waals surface area contributed by atoms with E-state index >= 15 is 0 Å². The Morgan fingerprint density at radius 2 is 1.81 bits per heavy atom. The van der Waals surface area contributed by atoms with Gasteiger partial charge in [0.1, 0.15) is 12.4 Å². The first kappa shape index (κ1) is 21.8. The highest BCUT2D eigenvalue weighted by molar-refractivity contribution is 6.70. The Hall–Kier alpha value is -2.07. The van der Waals surface area contributed by atoms with E-state index in [0.29, 0.717) is 12.5 Å². The van der Waals surface area contributed by atoms with E-state index in [1.54, 1.807) is 5.56 Å². The van der Waals surface area contributed by atoms with Crippen LogP contribution in [0, 0.1) is 17.3 Å². The molecule has 0 aromatic heterocycles. The van der Waals surface area contributed by atoms with Crippen LogP contribution in [0.4, 0.5) is 0 Å². The Morgan fingerprint density at radius 3 is 2.59 bits per heavy atom. The minimum Gasteiger partial charge on any atom is -0.544 e. The third-order valence-corrected chi connectivity index (χ3v) is 8.96. The van der Waals surface area contributed by atoms with Gasteiger partial charge in [0, 0.05) is 5.41 Å². The Bertz CT molecular complexity index is 996. The minimum absolute atomic E-state index is 0.205. The van der Waals surface area contributed by atoms with E-state index in [0.717, 1.165) is 24.0 Å². The van der Waals surface area contributed by atoms with E-state index in [1.165, 1.54) is 48.9 Å². The topological polar surface area (TPSA) is 30.8 Å².